The molecule has 1 aliphatic carbocycles. The Hall–Kier alpha value is -0.860. The quantitative estimate of drug-likeness (QED) is 0.853. The first-order valence-corrected chi connectivity index (χ1v) is 7.86. The minimum absolute atomic E-state index is 0.101. The second-order valence-electron chi connectivity index (χ2n) is 7.42. The maximum atomic E-state index is 10.9. The van der Waals surface area contributed by atoms with E-state index in [-0.39, 0.29) is 5.54 Å². The zero-order chi connectivity index (χ0) is 14.8. The Morgan fingerprint density at radius 3 is 2.35 bits per heavy atom. The topological polar surface area (TPSA) is 32.3 Å². The summed E-state index contributed by atoms with van der Waals surface area (Å²) in [5.74, 6) is 0.660. The Morgan fingerprint density at radius 1 is 1.15 bits per heavy atom. The molecule has 0 saturated heterocycles. The van der Waals surface area contributed by atoms with Gasteiger partial charge in [0.2, 0.25) is 0 Å². The van der Waals surface area contributed by atoms with Gasteiger partial charge in [-0.05, 0) is 70.5 Å². The molecule has 1 saturated carbocycles. The van der Waals surface area contributed by atoms with Gasteiger partial charge in [0, 0.05) is 5.54 Å². The average molecular weight is 275 g/mol. The van der Waals surface area contributed by atoms with E-state index in [4.69, 9.17) is 0 Å². The number of hydrogen-bond donors (Lipinski definition) is 2. The normalized spacial score (nSPS) is 19.4. The summed E-state index contributed by atoms with van der Waals surface area (Å²) >= 11 is 0. The van der Waals surface area contributed by atoms with Gasteiger partial charge in [0.25, 0.3) is 0 Å². The predicted molar refractivity (Wildman–Crippen MR) is 85.0 cm³/mol. The summed E-state index contributed by atoms with van der Waals surface area (Å²) in [5, 5.41) is 14.4. The predicted octanol–water partition coefficient (Wildman–Crippen LogP) is 3.94. The van der Waals surface area contributed by atoms with Crippen LogP contribution >= 0.6 is 0 Å². The van der Waals surface area contributed by atoms with Crippen LogP contribution in [0.5, 0.6) is 0 Å². The lowest BCUT2D eigenvalue weighted by atomic mass is 9.75. The minimum Gasteiger partial charge on any atom is -0.385 e. The summed E-state index contributed by atoms with van der Waals surface area (Å²) in [6, 6.07) is 8.44. The molecule has 1 aromatic rings. The highest BCUT2D eigenvalue weighted by atomic mass is 16.3. The number of benzene rings is 1. The van der Waals surface area contributed by atoms with E-state index < -0.39 is 5.60 Å². The lowest BCUT2D eigenvalue weighted by Gasteiger charge is -2.34. The first kappa shape index (κ1) is 15.5. The highest BCUT2D eigenvalue weighted by molar-refractivity contribution is 5.35. The van der Waals surface area contributed by atoms with Gasteiger partial charge in [-0.1, -0.05) is 30.7 Å². The fourth-order valence-corrected chi connectivity index (χ4v) is 2.88. The van der Waals surface area contributed by atoms with Crippen LogP contribution in [0.3, 0.4) is 0 Å². The third kappa shape index (κ3) is 3.83. The molecular weight excluding hydrogens is 246 g/mol. The van der Waals surface area contributed by atoms with Gasteiger partial charge in [-0.25, -0.2) is 0 Å². The van der Waals surface area contributed by atoms with E-state index in [0.29, 0.717) is 5.92 Å². The third-order valence-corrected chi connectivity index (χ3v) is 4.35. The van der Waals surface area contributed by atoms with Crippen molar-refractivity contribution in [1.29, 1.82) is 0 Å². The number of aliphatic hydroxyl groups is 1. The molecule has 0 bridgehead atoms. The largest absolute Gasteiger partial charge is 0.385 e. The van der Waals surface area contributed by atoms with Crippen LogP contribution in [0.25, 0.3) is 0 Å². The zero-order valence-electron chi connectivity index (χ0n) is 13.4. The Labute approximate surface area is 123 Å². The van der Waals surface area contributed by atoms with E-state index in [2.05, 4.69) is 44.3 Å². The summed E-state index contributed by atoms with van der Waals surface area (Å²) < 4.78 is 0. The molecule has 0 amide bonds. The van der Waals surface area contributed by atoms with Gasteiger partial charge >= 0.3 is 0 Å². The van der Waals surface area contributed by atoms with Crippen molar-refractivity contribution in [3.05, 3.63) is 35.4 Å². The lowest BCUT2D eigenvalue weighted by Crippen LogP contribution is -2.39. The van der Waals surface area contributed by atoms with Gasteiger partial charge in [-0.2, -0.15) is 0 Å². The molecule has 2 nitrogen and oxygen atoms in total. The van der Waals surface area contributed by atoms with Gasteiger partial charge in [0.15, 0.2) is 0 Å². The SMILES string of the molecule is CC(C)(C)NCCC(C)(O)c1ccccc1C1CCC1. The van der Waals surface area contributed by atoms with Crippen LogP contribution in [0.15, 0.2) is 24.3 Å². The van der Waals surface area contributed by atoms with Crippen molar-refractivity contribution in [2.75, 3.05) is 6.54 Å². The van der Waals surface area contributed by atoms with Gasteiger partial charge in [-0.15, -0.1) is 0 Å². The van der Waals surface area contributed by atoms with Crippen LogP contribution < -0.4 is 5.32 Å². The Morgan fingerprint density at radius 2 is 1.80 bits per heavy atom. The molecule has 0 aliphatic heterocycles. The molecule has 0 spiro atoms. The zero-order valence-corrected chi connectivity index (χ0v) is 13.4. The number of rotatable bonds is 5. The van der Waals surface area contributed by atoms with Crippen molar-refractivity contribution in [1.82, 2.24) is 5.32 Å². The maximum Gasteiger partial charge on any atom is 0.0883 e. The molecule has 0 heterocycles. The highest BCUT2D eigenvalue weighted by Gasteiger charge is 2.30. The molecular formula is C18H29NO. The van der Waals surface area contributed by atoms with Crippen LogP contribution in [0.1, 0.15) is 70.4 Å². The summed E-state index contributed by atoms with van der Waals surface area (Å²) in [5.41, 5.74) is 1.84. The molecule has 1 unspecified atom stereocenters. The molecule has 1 aliphatic rings. The van der Waals surface area contributed by atoms with E-state index in [9.17, 15) is 5.11 Å². The average Bonchev–Trinajstić information content (AvgIpc) is 2.25. The molecule has 2 rings (SSSR count). The van der Waals surface area contributed by atoms with Crippen LogP contribution in [-0.2, 0) is 5.60 Å². The van der Waals surface area contributed by atoms with Gasteiger partial charge < -0.3 is 10.4 Å². The molecule has 1 atom stereocenters. The fraction of sp³-hybridized carbons (Fsp3) is 0.667. The van der Waals surface area contributed by atoms with Crippen molar-refractivity contribution < 1.29 is 5.11 Å². The fourth-order valence-electron chi connectivity index (χ4n) is 2.88. The summed E-state index contributed by atoms with van der Waals surface area (Å²) in [7, 11) is 0. The smallest absolute Gasteiger partial charge is 0.0883 e. The molecule has 2 heteroatoms. The molecule has 112 valence electrons. The molecule has 1 fully saturated rings. The number of nitrogens with one attached hydrogen (secondary N) is 1. The molecule has 2 N–H and O–H groups in total. The van der Waals surface area contributed by atoms with E-state index in [1.165, 1.54) is 24.8 Å². The van der Waals surface area contributed by atoms with Gasteiger partial charge in [-0.3, -0.25) is 0 Å². The van der Waals surface area contributed by atoms with Crippen LogP contribution in [-0.4, -0.2) is 17.2 Å². The molecule has 1 aromatic carbocycles. The van der Waals surface area contributed by atoms with Crippen LogP contribution in [0, 0.1) is 0 Å². The van der Waals surface area contributed by atoms with Crippen molar-refractivity contribution >= 4 is 0 Å². The molecule has 0 aromatic heterocycles. The van der Waals surface area contributed by atoms with E-state index >= 15 is 0 Å². The monoisotopic (exact) mass is 275 g/mol. The van der Waals surface area contributed by atoms with E-state index in [1.807, 2.05) is 13.0 Å². The van der Waals surface area contributed by atoms with Crippen molar-refractivity contribution in [3.63, 3.8) is 0 Å². The first-order valence-electron chi connectivity index (χ1n) is 7.86. The Bertz CT molecular complexity index is 441. The van der Waals surface area contributed by atoms with Gasteiger partial charge in [0.1, 0.15) is 0 Å². The maximum absolute atomic E-state index is 10.9. The van der Waals surface area contributed by atoms with Crippen molar-refractivity contribution in [2.45, 2.75) is 70.4 Å². The second kappa shape index (κ2) is 5.87. The van der Waals surface area contributed by atoms with E-state index in [0.717, 1.165) is 18.5 Å². The summed E-state index contributed by atoms with van der Waals surface area (Å²) in [4.78, 5) is 0. The Kier molecular flexibility index (Phi) is 4.55. The lowest BCUT2D eigenvalue weighted by molar-refractivity contribution is 0.0447. The van der Waals surface area contributed by atoms with Gasteiger partial charge in [0.05, 0.1) is 5.60 Å². The molecule has 20 heavy (non-hydrogen) atoms. The standard InChI is InChI=1S/C18H29NO/c1-17(2,3)19-13-12-18(4,20)16-11-6-5-10-15(16)14-8-7-9-14/h5-6,10-11,14,19-20H,7-9,12-13H2,1-4H3. The highest BCUT2D eigenvalue weighted by Crippen LogP contribution is 2.41. The second-order valence-corrected chi connectivity index (χ2v) is 7.42. The molecule has 0 radical (unpaired) electrons. The van der Waals surface area contributed by atoms with Crippen molar-refractivity contribution in [3.8, 4) is 0 Å². The van der Waals surface area contributed by atoms with Crippen molar-refractivity contribution in [2.24, 2.45) is 0 Å². The van der Waals surface area contributed by atoms with E-state index in [1.54, 1.807) is 0 Å². The van der Waals surface area contributed by atoms with Crippen LogP contribution in [0.4, 0.5) is 0 Å². The van der Waals surface area contributed by atoms with Crippen LogP contribution in [0.2, 0.25) is 0 Å². The first-order chi connectivity index (χ1) is 9.30. The minimum atomic E-state index is -0.746. The Balaban J connectivity index is 2.08. The summed E-state index contributed by atoms with van der Waals surface area (Å²) in [6.07, 6.45) is 4.61. The summed E-state index contributed by atoms with van der Waals surface area (Å²) in [6.45, 7) is 9.25. The number of hydrogen-bond acceptors (Lipinski definition) is 2. The third-order valence-electron chi connectivity index (χ3n) is 4.35.